The molecular formula is C15H17N5O2. The summed E-state index contributed by atoms with van der Waals surface area (Å²) in [6, 6.07) is 1.61. The van der Waals surface area contributed by atoms with Gasteiger partial charge < -0.3 is 9.88 Å². The van der Waals surface area contributed by atoms with Crippen molar-refractivity contribution in [1.82, 2.24) is 24.8 Å². The van der Waals surface area contributed by atoms with Crippen LogP contribution in [0.2, 0.25) is 0 Å². The summed E-state index contributed by atoms with van der Waals surface area (Å²) >= 11 is 0. The van der Waals surface area contributed by atoms with Crippen LogP contribution in [0.5, 0.6) is 0 Å². The minimum Gasteiger partial charge on any atom is -0.337 e. The van der Waals surface area contributed by atoms with E-state index < -0.39 is 5.69 Å². The molecule has 0 unspecified atom stereocenters. The number of aromatic amines is 1. The van der Waals surface area contributed by atoms with Gasteiger partial charge in [0, 0.05) is 43.3 Å². The average Bonchev–Trinajstić information content (AvgIpc) is 2.54. The Bertz CT molecular complexity index is 728. The molecule has 3 heterocycles. The van der Waals surface area contributed by atoms with Crippen molar-refractivity contribution in [3.8, 4) is 0 Å². The maximum absolute atomic E-state index is 12.6. The topological polar surface area (TPSA) is 91.8 Å². The highest BCUT2D eigenvalue weighted by molar-refractivity contribution is 5.92. The number of H-pyrrole nitrogens is 1. The largest absolute Gasteiger partial charge is 0.345 e. The number of amides is 1. The van der Waals surface area contributed by atoms with Gasteiger partial charge in [-0.2, -0.15) is 4.98 Å². The lowest BCUT2D eigenvalue weighted by Crippen LogP contribution is -2.40. The van der Waals surface area contributed by atoms with Crippen LogP contribution in [0.4, 0.5) is 0 Å². The average molecular weight is 299 g/mol. The van der Waals surface area contributed by atoms with E-state index in [2.05, 4.69) is 19.9 Å². The van der Waals surface area contributed by atoms with Crippen LogP contribution in [0.15, 0.2) is 29.5 Å². The summed E-state index contributed by atoms with van der Waals surface area (Å²) in [5.74, 6) is -0.0303. The summed E-state index contributed by atoms with van der Waals surface area (Å²) in [7, 11) is 0. The molecule has 0 aromatic carbocycles. The molecule has 2 aromatic heterocycles. The van der Waals surface area contributed by atoms with E-state index in [1.165, 1.54) is 0 Å². The highest BCUT2D eigenvalue weighted by atomic mass is 16.2. The fraction of sp³-hybridized carbons (Fsp3) is 0.400. The smallest absolute Gasteiger partial charge is 0.337 e. The Morgan fingerprint density at radius 2 is 2.27 bits per heavy atom. The van der Waals surface area contributed by atoms with Crippen molar-refractivity contribution in [1.29, 1.82) is 0 Å². The summed E-state index contributed by atoms with van der Waals surface area (Å²) in [6.45, 7) is 2.98. The van der Waals surface area contributed by atoms with Crippen LogP contribution < -0.4 is 5.69 Å². The van der Waals surface area contributed by atoms with Crippen molar-refractivity contribution >= 4 is 5.91 Å². The molecule has 1 fully saturated rings. The van der Waals surface area contributed by atoms with E-state index in [1.807, 2.05) is 0 Å². The van der Waals surface area contributed by atoms with Gasteiger partial charge in [0.25, 0.3) is 5.91 Å². The van der Waals surface area contributed by atoms with Crippen LogP contribution in [0.1, 0.15) is 40.6 Å². The predicted molar refractivity (Wildman–Crippen MR) is 79.5 cm³/mol. The zero-order valence-electron chi connectivity index (χ0n) is 12.3. The molecule has 1 atom stereocenters. The summed E-state index contributed by atoms with van der Waals surface area (Å²) in [6.07, 6.45) is 6.92. The highest BCUT2D eigenvalue weighted by Crippen LogP contribution is 2.25. The second-order valence-electron chi connectivity index (χ2n) is 5.48. The van der Waals surface area contributed by atoms with Gasteiger partial charge >= 0.3 is 5.69 Å². The molecule has 22 heavy (non-hydrogen) atoms. The summed E-state index contributed by atoms with van der Waals surface area (Å²) in [5.41, 5.74) is 1.23. The van der Waals surface area contributed by atoms with E-state index >= 15 is 0 Å². The molecular weight excluding hydrogens is 282 g/mol. The number of piperidine rings is 1. The van der Waals surface area contributed by atoms with Crippen LogP contribution in [0, 0.1) is 6.92 Å². The molecule has 0 aliphatic carbocycles. The molecule has 7 heteroatoms. The lowest BCUT2D eigenvalue weighted by molar-refractivity contribution is 0.0699. The monoisotopic (exact) mass is 299 g/mol. The maximum atomic E-state index is 12.6. The van der Waals surface area contributed by atoms with Crippen molar-refractivity contribution in [2.75, 3.05) is 13.1 Å². The summed E-state index contributed by atoms with van der Waals surface area (Å²) < 4.78 is 0. The molecule has 7 nitrogen and oxygen atoms in total. The molecule has 0 radical (unpaired) electrons. The summed E-state index contributed by atoms with van der Waals surface area (Å²) in [4.78, 5) is 40.5. The zero-order chi connectivity index (χ0) is 15.5. The van der Waals surface area contributed by atoms with E-state index in [0.29, 0.717) is 18.8 Å². The van der Waals surface area contributed by atoms with Gasteiger partial charge in [-0.15, -0.1) is 0 Å². The Morgan fingerprint density at radius 3 is 3.00 bits per heavy atom. The maximum Gasteiger partial charge on any atom is 0.345 e. The molecule has 3 rings (SSSR count). The van der Waals surface area contributed by atoms with Gasteiger partial charge in [0.2, 0.25) is 0 Å². The van der Waals surface area contributed by atoms with Gasteiger partial charge in [0.1, 0.15) is 5.69 Å². The predicted octanol–water partition coefficient (Wildman–Crippen LogP) is 0.888. The van der Waals surface area contributed by atoms with E-state index in [9.17, 15) is 9.59 Å². The third kappa shape index (κ3) is 3.03. The molecule has 1 saturated heterocycles. The van der Waals surface area contributed by atoms with Crippen LogP contribution >= 0.6 is 0 Å². The first-order valence-corrected chi connectivity index (χ1v) is 7.26. The van der Waals surface area contributed by atoms with Gasteiger partial charge in [-0.05, 0) is 25.8 Å². The molecule has 1 aliphatic rings. The van der Waals surface area contributed by atoms with Gasteiger partial charge in [0.05, 0.1) is 5.69 Å². The number of carbonyl (C=O) groups is 1. The third-order valence-electron chi connectivity index (χ3n) is 3.81. The molecule has 0 saturated carbocycles. The number of rotatable bonds is 2. The minimum atomic E-state index is -0.495. The number of aryl methyl sites for hydroxylation is 1. The first-order valence-electron chi connectivity index (χ1n) is 7.26. The number of nitrogens with zero attached hydrogens (tertiary/aromatic N) is 4. The molecule has 1 amide bonds. The SMILES string of the molecule is Cc1cc(C(=O)N2CCC[C@@H](c3cnccn3)C2)nc(=O)[nH]1. The normalized spacial score (nSPS) is 18.2. The third-order valence-corrected chi connectivity index (χ3v) is 3.81. The molecule has 2 aromatic rings. The van der Waals surface area contributed by atoms with Crippen LogP contribution in [-0.4, -0.2) is 43.8 Å². The van der Waals surface area contributed by atoms with Gasteiger partial charge in [-0.25, -0.2) is 4.79 Å². The number of likely N-dealkylation sites (tertiary alicyclic amines) is 1. The molecule has 1 aliphatic heterocycles. The second-order valence-corrected chi connectivity index (χ2v) is 5.48. The zero-order valence-corrected chi connectivity index (χ0v) is 12.3. The lowest BCUT2D eigenvalue weighted by atomic mass is 9.95. The number of hydrogen-bond acceptors (Lipinski definition) is 5. The van der Waals surface area contributed by atoms with Gasteiger partial charge in [0.15, 0.2) is 0 Å². The number of hydrogen-bond donors (Lipinski definition) is 1. The van der Waals surface area contributed by atoms with E-state index in [1.54, 1.807) is 36.5 Å². The highest BCUT2D eigenvalue weighted by Gasteiger charge is 2.27. The Kier molecular flexibility index (Phi) is 3.95. The molecule has 114 valence electrons. The van der Waals surface area contributed by atoms with E-state index in [0.717, 1.165) is 18.5 Å². The van der Waals surface area contributed by atoms with Gasteiger partial charge in [-0.1, -0.05) is 0 Å². The lowest BCUT2D eigenvalue weighted by Gasteiger charge is -2.32. The standard InChI is InChI=1S/C15H17N5O2/c1-10-7-12(19-15(22)18-10)14(21)20-6-2-3-11(9-20)13-8-16-4-5-17-13/h4-5,7-8,11H,2-3,6,9H2,1H3,(H,18,19,22)/t11-/m1/s1. The second kappa shape index (κ2) is 6.05. The molecule has 1 N–H and O–H groups in total. The number of nitrogens with one attached hydrogen (secondary N) is 1. The van der Waals surface area contributed by atoms with Crippen molar-refractivity contribution in [3.05, 3.63) is 52.2 Å². The minimum absolute atomic E-state index is 0.175. The fourth-order valence-corrected chi connectivity index (χ4v) is 2.78. The number of carbonyl (C=O) groups excluding carboxylic acids is 1. The van der Waals surface area contributed by atoms with Crippen molar-refractivity contribution < 1.29 is 4.79 Å². The molecule has 0 bridgehead atoms. The quantitative estimate of drug-likeness (QED) is 0.889. The Hall–Kier alpha value is -2.57. The Balaban J connectivity index is 1.79. The number of aromatic nitrogens is 4. The van der Waals surface area contributed by atoms with E-state index in [4.69, 9.17) is 0 Å². The molecule has 0 spiro atoms. The Morgan fingerprint density at radius 1 is 1.41 bits per heavy atom. The fourth-order valence-electron chi connectivity index (χ4n) is 2.78. The van der Waals surface area contributed by atoms with Crippen molar-refractivity contribution in [2.24, 2.45) is 0 Å². The van der Waals surface area contributed by atoms with Crippen molar-refractivity contribution in [3.63, 3.8) is 0 Å². The van der Waals surface area contributed by atoms with Crippen LogP contribution in [0.3, 0.4) is 0 Å². The van der Waals surface area contributed by atoms with Crippen molar-refractivity contribution in [2.45, 2.75) is 25.7 Å². The summed E-state index contributed by atoms with van der Waals surface area (Å²) in [5, 5.41) is 0. The Labute approximate surface area is 127 Å². The van der Waals surface area contributed by atoms with Crippen LogP contribution in [-0.2, 0) is 0 Å². The van der Waals surface area contributed by atoms with Gasteiger partial charge in [-0.3, -0.25) is 14.8 Å². The first-order chi connectivity index (χ1) is 10.6. The van der Waals surface area contributed by atoms with Crippen LogP contribution in [0.25, 0.3) is 0 Å². The van der Waals surface area contributed by atoms with E-state index in [-0.39, 0.29) is 17.5 Å². The first kappa shape index (κ1) is 14.4.